The van der Waals surface area contributed by atoms with E-state index in [-0.39, 0.29) is 32.2 Å². The van der Waals surface area contributed by atoms with Crippen molar-refractivity contribution in [2.75, 3.05) is 47.5 Å². The molecule has 0 bridgehead atoms. The van der Waals surface area contributed by atoms with E-state index >= 15 is 0 Å². The summed E-state index contributed by atoms with van der Waals surface area (Å²) in [5.74, 6) is -1.99. The maximum Gasteiger partial charge on any atom is 0.361 e. The van der Waals surface area contributed by atoms with Crippen LogP contribution in [0.4, 0.5) is 0 Å². The van der Waals surface area contributed by atoms with Crippen LogP contribution >= 0.6 is 0 Å². The van der Waals surface area contributed by atoms with Crippen molar-refractivity contribution in [2.45, 2.75) is 347 Å². The van der Waals surface area contributed by atoms with Gasteiger partial charge in [-0.3, -0.25) is 9.59 Å². The van der Waals surface area contributed by atoms with Crippen LogP contribution in [0.2, 0.25) is 0 Å². The number of allylic oxidation sites excluding steroid dienone is 14. The lowest BCUT2D eigenvalue weighted by atomic mass is 10.0. The third-order valence-corrected chi connectivity index (χ3v) is 16.1. The summed E-state index contributed by atoms with van der Waals surface area (Å²) in [5, 5.41) is 9.76. The minimum Gasteiger partial charge on any atom is -0.477 e. The van der Waals surface area contributed by atoms with Crippen molar-refractivity contribution >= 4 is 17.9 Å². The zero-order valence-corrected chi connectivity index (χ0v) is 57.7. The molecule has 9 nitrogen and oxygen atoms in total. The number of esters is 2. The van der Waals surface area contributed by atoms with Crippen LogP contribution in [-0.4, -0.2) is 87.4 Å². The molecule has 2 unspecified atom stereocenters. The SMILES string of the molecule is CC/C=C\C/C=C\C/C=C\C/C=C\CCCCCCCCCCCCCCCCCCC(=O)OC(COC(=O)CCCCCCCCCCCCCCCCCCCC/C=C\C/C=C\C/C=C\CCCCCCC)COC(OCC[N+](C)(C)C)C(=O)O. The molecular formula is C78H140NO8+. The lowest BCUT2D eigenvalue weighted by Gasteiger charge is -2.25. The molecule has 0 radical (unpaired) electrons. The number of carbonyl (C=O) groups is 3. The highest BCUT2D eigenvalue weighted by molar-refractivity contribution is 5.71. The molecule has 0 amide bonds. The normalized spacial score (nSPS) is 13.2. The zero-order chi connectivity index (χ0) is 63.3. The number of carboxylic acid groups (broad SMARTS) is 1. The van der Waals surface area contributed by atoms with Crippen LogP contribution in [0.25, 0.3) is 0 Å². The Hall–Kier alpha value is -3.53. The highest BCUT2D eigenvalue weighted by Gasteiger charge is 2.25. The fourth-order valence-electron chi connectivity index (χ4n) is 10.5. The summed E-state index contributed by atoms with van der Waals surface area (Å²) in [6.45, 7) is 4.80. The number of hydrogen-bond donors (Lipinski definition) is 1. The van der Waals surface area contributed by atoms with Gasteiger partial charge < -0.3 is 28.5 Å². The molecule has 0 fully saturated rings. The second kappa shape index (κ2) is 68.4. The van der Waals surface area contributed by atoms with Gasteiger partial charge in [0.2, 0.25) is 0 Å². The average Bonchev–Trinajstić information content (AvgIpc) is 3.57. The van der Waals surface area contributed by atoms with Crippen LogP contribution in [-0.2, 0) is 33.3 Å². The predicted molar refractivity (Wildman–Crippen MR) is 373 cm³/mol. The molecule has 0 aliphatic heterocycles. The number of unbranched alkanes of at least 4 members (excludes halogenated alkanes) is 39. The molecule has 0 saturated heterocycles. The van der Waals surface area contributed by atoms with E-state index in [0.717, 1.165) is 77.0 Å². The third-order valence-electron chi connectivity index (χ3n) is 16.1. The largest absolute Gasteiger partial charge is 0.477 e. The Labute approximate surface area is 538 Å². The maximum absolute atomic E-state index is 13.0. The zero-order valence-electron chi connectivity index (χ0n) is 57.7. The Morgan fingerprint density at radius 2 is 0.655 bits per heavy atom. The van der Waals surface area contributed by atoms with E-state index in [1.165, 1.54) is 231 Å². The van der Waals surface area contributed by atoms with Gasteiger partial charge in [-0.05, 0) is 89.9 Å². The Balaban J connectivity index is 4.06. The number of nitrogens with zero attached hydrogens (tertiary/aromatic N) is 1. The van der Waals surface area contributed by atoms with Gasteiger partial charge in [0.25, 0.3) is 6.29 Å². The monoisotopic (exact) mass is 1220 g/mol. The molecule has 0 aromatic carbocycles. The van der Waals surface area contributed by atoms with Crippen LogP contribution in [0.5, 0.6) is 0 Å². The van der Waals surface area contributed by atoms with Gasteiger partial charge in [0.1, 0.15) is 13.2 Å². The van der Waals surface area contributed by atoms with E-state index in [2.05, 4.69) is 98.9 Å². The molecule has 0 rings (SSSR count). The van der Waals surface area contributed by atoms with Gasteiger partial charge in [-0.15, -0.1) is 0 Å². The van der Waals surface area contributed by atoms with Gasteiger partial charge in [-0.1, -0.05) is 317 Å². The van der Waals surface area contributed by atoms with Crippen molar-refractivity contribution in [1.82, 2.24) is 0 Å². The van der Waals surface area contributed by atoms with Crippen LogP contribution in [0.1, 0.15) is 335 Å². The van der Waals surface area contributed by atoms with Crippen molar-refractivity contribution < 1.29 is 42.9 Å². The predicted octanol–water partition coefficient (Wildman–Crippen LogP) is 23.0. The van der Waals surface area contributed by atoms with E-state index in [4.69, 9.17) is 18.9 Å². The lowest BCUT2D eigenvalue weighted by molar-refractivity contribution is -0.870. The third kappa shape index (κ3) is 69.8. The molecule has 0 aliphatic carbocycles. The molecule has 2 atom stereocenters. The van der Waals surface area contributed by atoms with E-state index in [1.807, 2.05) is 21.1 Å². The number of hydrogen-bond acceptors (Lipinski definition) is 7. The molecule has 0 aromatic heterocycles. The summed E-state index contributed by atoms with van der Waals surface area (Å²) >= 11 is 0. The number of carbonyl (C=O) groups excluding carboxylic acids is 2. The van der Waals surface area contributed by atoms with Gasteiger partial charge in [-0.2, -0.15) is 0 Å². The van der Waals surface area contributed by atoms with E-state index in [0.29, 0.717) is 17.4 Å². The van der Waals surface area contributed by atoms with Crippen molar-refractivity contribution in [3.8, 4) is 0 Å². The number of ether oxygens (including phenoxy) is 4. The first-order valence-corrected chi connectivity index (χ1v) is 36.8. The maximum atomic E-state index is 13.0. The molecule has 0 heterocycles. The van der Waals surface area contributed by atoms with Gasteiger partial charge in [-0.25, -0.2) is 4.79 Å². The number of likely N-dealkylation sites (N-methyl/N-ethyl adjacent to an activating group) is 1. The second-order valence-corrected chi connectivity index (χ2v) is 25.9. The van der Waals surface area contributed by atoms with E-state index in [1.54, 1.807) is 0 Å². The van der Waals surface area contributed by atoms with Gasteiger partial charge in [0.05, 0.1) is 34.4 Å². The summed E-state index contributed by atoms with van der Waals surface area (Å²) in [6, 6.07) is 0. The number of aliphatic carboxylic acids is 1. The minimum atomic E-state index is -1.51. The second-order valence-electron chi connectivity index (χ2n) is 25.9. The Bertz CT molecular complexity index is 1700. The molecule has 0 aliphatic rings. The smallest absolute Gasteiger partial charge is 0.361 e. The van der Waals surface area contributed by atoms with E-state index < -0.39 is 24.3 Å². The highest BCUT2D eigenvalue weighted by atomic mass is 16.7. The van der Waals surface area contributed by atoms with E-state index in [9.17, 15) is 19.5 Å². The number of carboxylic acids is 1. The summed E-state index contributed by atoms with van der Waals surface area (Å²) < 4.78 is 23.0. The summed E-state index contributed by atoms with van der Waals surface area (Å²) in [4.78, 5) is 37.7. The number of quaternary nitrogens is 1. The lowest BCUT2D eigenvalue weighted by Crippen LogP contribution is -2.40. The molecule has 0 saturated carbocycles. The molecular weight excluding hydrogens is 1080 g/mol. The number of rotatable bonds is 68. The van der Waals surface area contributed by atoms with Gasteiger partial charge >= 0.3 is 17.9 Å². The topological polar surface area (TPSA) is 108 Å². The standard InChI is InChI=1S/C78H139NO8/c1-6-8-10-12-14-16-18-20-22-24-26-28-30-32-34-36-37-38-39-41-42-44-46-48-50-52-54-56-58-60-62-64-66-68-75(80)85-72-74(73-86-78(77(82)83)84-71-70-79(3,4)5)87-76(81)69-67-65-63-61-59-57-55-53-51-49-47-45-43-40-35-33-31-29-27-25-23-21-19-17-15-13-11-9-7-2/h9,11,15,17-18,20-21,23-24,26-27,29-30,32,74,78H,6-8,10,12-14,16,19,22,25,28,31,33-73H2,1-5H3/p+1/b11-9-,17-15-,20-18-,23-21-,26-24-,29-27-,32-30-. The molecule has 504 valence electrons. The van der Waals surface area contributed by atoms with Crippen LogP contribution in [0.15, 0.2) is 85.1 Å². The summed E-state index contributed by atoms with van der Waals surface area (Å²) in [6.07, 6.45) is 89.9. The van der Waals surface area contributed by atoms with Crippen molar-refractivity contribution in [2.24, 2.45) is 0 Å². The van der Waals surface area contributed by atoms with Crippen LogP contribution in [0, 0.1) is 0 Å². The van der Waals surface area contributed by atoms with Crippen LogP contribution < -0.4 is 0 Å². The molecule has 87 heavy (non-hydrogen) atoms. The minimum absolute atomic E-state index is 0.181. The van der Waals surface area contributed by atoms with Crippen molar-refractivity contribution in [3.05, 3.63) is 85.1 Å². The Kier molecular flexibility index (Phi) is 65.6. The Morgan fingerprint density at radius 3 is 0.977 bits per heavy atom. The molecule has 9 heteroatoms. The molecule has 0 spiro atoms. The first kappa shape index (κ1) is 83.5. The fraction of sp³-hybridized carbons (Fsp3) is 0.782. The average molecular weight is 1220 g/mol. The van der Waals surface area contributed by atoms with Crippen molar-refractivity contribution in [3.63, 3.8) is 0 Å². The van der Waals surface area contributed by atoms with Crippen LogP contribution in [0.3, 0.4) is 0 Å². The quantitative estimate of drug-likeness (QED) is 0.0211. The van der Waals surface area contributed by atoms with Gasteiger partial charge in [0.15, 0.2) is 6.10 Å². The summed E-state index contributed by atoms with van der Waals surface area (Å²) in [5.41, 5.74) is 0. The first-order valence-electron chi connectivity index (χ1n) is 36.8. The van der Waals surface area contributed by atoms with Gasteiger partial charge in [0, 0.05) is 12.8 Å². The molecule has 1 N–H and O–H groups in total. The summed E-state index contributed by atoms with van der Waals surface area (Å²) in [7, 11) is 5.99. The molecule has 0 aromatic rings. The first-order chi connectivity index (χ1) is 42.6. The van der Waals surface area contributed by atoms with Crippen molar-refractivity contribution in [1.29, 1.82) is 0 Å². The fourth-order valence-corrected chi connectivity index (χ4v) is 10.5. The highest BCUT2D eigenvalue weighted by Crippen LogP contribution is 2.18. The Morgan fingerprint density at radius 1 is 0.356 bits per heavy atom.